The zero-order chi connectivity index (χ0) is 19.2. The number of nitrogens with one attached hydrogen (secondary N) is 2. The topological polar surface area (TPSA) is 79.9 Å². The molecule has 0 bridgehead atoms. The van der Waals surface area contributed by atoms with Crippen LogP contribution in [0.5, 0.6) is 11.5 Å². The summed E-state index contributed by atoms with van der Waals surface area (Å²) in [6.45, 7) is 0.528. The number of hydrogen-bond acceptors (Lipinski definition) is 4. The van der Waals surface area contributed by atoms with Crippen molar-refractivity contribution in [3.05, 3.63) is 48.5 Å². The average Bonchev–Trinajstić information content (AvgIpc) is 3.19. The molecule has 142 valence electrons. The summed E-state index contributed by atoms with van der Waals surface area (Å²) >= 11 is 0. The molecule has 0 saturated carbocycles. The fraction of sp³-hybridized carbons (Fsp3) is 0.300. The van der Waals surface area contributed by atoms with Gasteiger partial charge in [-0.2, -0.15) is 0 Å². The number of rotatable bonds is 5. The van der Waals surface area contributed by atoms with Crippen LogP contribution in [-0.4, -0.2) is 43.6 Å². The summed E-state index contributed by atoms with van der Waals surface area (Å²) in [6, 6.07) is 13.5. The quantitative estimate of drug-likeness (QED) is 0.847. The second-order valence-electron chi connectivity index (χ2n) is 6.20. The average molecular weight is 369 g/mol. The van der Waals surface area contributed by atoms with Crippen molar-refractivity contribution in [2.24, 2.45) is 0 Å². The Hall–Kier alpha value is -3.22. The first-order valence-electron chi connectivity index (χ1n) is 8.78. The highest BCUT2D eigenvalue weighted by Crippen LogP contribution is 2.26. The number of nitrogens with zero attached hydrogens (tertiary/aromatic N) is 1. The first-order chi connectivity index (χ1) is 13.1. The van der Waals surface area contributed by atoms with Crippen molar-refractivity contribution >= 4 is 23.3 Å². The normalized spacial score (nSPS) is 15.9. The van der Waals surface area contributed by atoms with Crippen molar-refractivity contribution in [1.82, 2.24) is 4.90 Å². The fourth-order valence-corrected chi connectivity index (χ4v) is 3.14. The van der Waals surface area contributed by atoms with Crippen LogP contribution in [0.15, 0.2) is 48.5 Å². The van der Waals surface area contributed by atoms with Crippen LogP contribution in [0.25, 0.3) is 0 Å². The Morgan fingerprint density at radius 1 is 1.04 bits per heavy atom. The summed E-state index contributed by atoms with van der Waals surface area (Å²) in [5.41, 5.74) is 1.21. The highest BCUT2D eigenvalue weighted by atomic mass is 16.5. The van der Waals surface area contributed by atoms with Crippen molar-refractivity contribution in [1.29, 1.82) is 0 Å². The van der Waals surface area contributed by atoms with E-state index in [0.717, 1.165) is 6.42 Å². The smallest absolute Gasteiger partial charge is 0.322 e. The first kappa shape index (κ1) is 18.6. The van der Waals surface area contributed by atoms with E-state index in [2.05, 4.69) is 10.6 Å². The molecule has 0 unspecified atom stereocenters. The van der Waals surface area contributed by atoms with Gasteiger partial charge < -0.3 is 25.0 Å². The second kappa shape index (κ2) is 8.44. The molecule has 1 atom stereocenters. The number of para-hydroxylation sites is 2. The molecule has 1 heterocycles. The largest absolute Gasteiger partial charge is 0.497 e. The molecular weight excluding hydrogens is 346 g/mol. The fourth-order valence-electron chi connectivity index (χ4n) is 3.14. The highest BCUT2D eigenvalue weighted by molar-refractivity contribution is 6.00. The van der Waals surface area contributed by atoms with Crippen LogP contribution < -0.4 is 20.1 Å². The van der Waals surface area contributed by atoms with E-state index in [9.17, 15) is 9.59 Å². The minimum Gasteiger partial charge on any atom is -0.497 e. The van der Waals surface area contributed by atoms with E-state index in [-0.39, 0.29) is 11.9 Å². The number of likely N-dealkylation sites (tertiary alicyclic amines) is 1. The lowest BCUT2D eigenvalue weighted by atomic mass is 10.2. The van der Waals surface area contributed by atoms with Crippen molar-refractivity contribution in [3.63, 3.8) is 0 Å². The number of urea groups is 1. The maximum Gasteiger partial charge on any atom is 0.322 e. The Balaban J connectivity index is 1.68. The lowest BCUT2D eigenvalue weighted by Crippen LogP contribution is -2.45. The number of carbonyl (C=O) groups is 2. The minimum absolute atomic E-state index is 0.224. The number of hydrogen-bond donors (Lipinski definition) is 2. The molecule has 0 radical (unpaired) electrons. The summed E-state index contributed by atoms with van der Waals surface area (Å²) in [7, 11) is 3.12. The number of anilines is 2. The maximum atomic E-state index is 12.7. The predicted octanol–water partition coefficient (Wildman–Crippen LogP) is 3.34. The van der Waals surface area contributed by atoms with Crippen LogP contribution in [0.4, 0.5) is 16.2 Å². The molecule has 1 aliphatic rings. The third kappa shape index (κ3) is 4.31. The van der Waals surface area contributed by atoms with E-state index in [1.54, 1.807) is 55.5 Å². The molecule has 1 saturated heterocycles. The van der Waals surface area contributed by atoms with E-state index in [1.165, 1.54) is 0 Å². The van der Waals surface area contributed by atoms with Crippen molar-refractivity contribution in [3.8, 4) is 11.5 Å². The lowest BCUT2D eigenvalue weighted by molar-refractivity contribution is -0.119. The first-order valence-corrected chi connectivity index (χ1v) is 8.78. The molecule has 1 aliphatic heterocycles. The van der Waals surface area contributed by atoms with Crippen molar-refractivity contribution < 1.29 is 19.1 Å². The molecule has 2 aromatic rings. The minimum atomic E-state index is -0.527. The Kier molecular flexibility index (Phi) is 5.80. The molecule has 1 fully saturated rings. The van der Waals surface area contributed by atoms with E-state index >= 15 is 0 Å². The number of methoxy groups -OCH3 is 2. The van der Waals surface area contributed by atoms with Gasteiger partial charge in [0.05, 0.1) is 19.9 Å². The van der Waals surface area contributed by atoms with Gasteiger partial charge in [-0.1, -0.05) is 18.2 Å². The molecule has 7 nitrogen and oxygen atoms in total. The Morgan fingerprint density at radius 3 is 2.63 bits per heavy atom. The van der Waals surface area contributed by atoms with Gasteiger partial charge >= 0.3 is 6.03 Å². The molecule has 2 N–H and O–H groups in total. The van der Waals surface area contributed by atoms with Gasteiger partial charge in [-0.05, 0) is 37.1 Å². The predicted molar refractivity (Wildman–Crippen MR) is 103 cm³/mol. The number of amides is 3. The van der Waals surface area contributed by atoms with Gasteiger partial charge in [0.1, 0.15) is 17.5 Å². The molecule has 7 heteroatoms. The molecule has 27 heavy (non-hydrogen) atoms. The molecule has 2 aromatic carbocycles. The van der Waals surface area contributed by atoms with E-state index in [0.29, 0.717) is 35.8 Å². The Morgan fingerprint density at radius 2 is 1.85 bits per heavy atom. The SMILES string of the molecule is COc1cccc(NC(=O)N2CCC[C@@H]2C(=O)Nc2ccccc2OC)c1. The third-order valence-corrected chi connectivity index (χ3v) is 4.50. The molecule has 0 spiro atoms. The molecule has 0 aromatic heterocycles. The summed E-state index contributed by atoms with van der Waals surface area (Å²) in [6.07, 6.45) is 1.39. The molecular formula is C20H23N3O4. The summed E-state index contributed by atoms with van der Waals surface area (Å²) in [5, 5.41) is 5.70. The summed E-state index contributed by atoms with van der Waals surface area (Å²) in [4.78, 5) is 27.0. The molecule has 3 amide bonds. The van der Waals surface area contributed by atoms with Crippen LogP contribution in [-0.2, 0) is 4.79 Å². The number of carbonyl (C=O) groups excluding carboxylic acids is 2. The van der Waals surface area contributed by atoms with Crippen molar-refractivity contribution in [2.45, 2.75) is 18.9 Å². The summed E-state index contributed by atoms with van der Waals surface area (Å²) in [5.74, 6) is 1.01. The zero-order valence-electron chi connectivity index (χ0n) is 15.4. The van der Waals surface area contributed by atoms with Crippen LogP contribution in [0.2, 0.25) is 0 Å². The van der Waals surface area contributed by atoms with E-state index in [1.807, 2.05) is 12.1 Å². The van der Waals surface area contributed by atoms with Gasteiger partial charge in [-0.3, -0.25) is 4.79 Å². The monoisotopic (exact) mass is 369 g/mol. The lowest BCUT2D eigenvalue weighted by Gasteiger charge is -2.24. The molecule has 3 rings (SSSR count). The van der Waals surface area contributed by atoms with Crippen LogP contribution in [0, 0.1) is 0 Å². The maximum absolute atomic E-state index is 12.7. The Labute approximate surface area is 158 Å². The summed E-state index contributed by atoms with van der Waals surface area (Å²) < 4.78 is 10.4. The molecule has 0 aliphatic carbocycles. The van der Waals surface area contributed by atoms with Gasteiger partial charge in [0.15, 0.2) is 0 Å². The van der Waals surface area contributed by atoms with Gasteiger partial charge in [-0.15, -0.1) is 0 Å². The van der Waals surface area contributed by atoms with E-state index in [4.69, 9.17) is 9.47 Å². The zero-order valence-corrected chi connectivity index (χ0v) is 15.4. The van der Waals surface area contributed by atoms with Crippen molar-refractivity contribution in [2.75, 3.05) is 31.4 Å². The van der Waals surface area contributed by atoms with Crippen LogP contribution >= 0.6 is 0 Å². The number of ether oxygens (including phenoxy) is 2. The van der Waals surface area contributed by atoms with Gasteiger partial charge in [0.25, 0.3) is 0 Å². The highest BCUT2D eigenvalue weighted by Gasteiger charge is 2.34. The van der Waals surface area contributed by atoms with Gasteiger partial charge in [0.2, 0.25) is 5.91 Å². The van der Waals surface area contributed by atoms with E-state index < -0.39 is 6.04 Å². The number of benzene rings is 2. The van der Waals surface area contributed by atoms with Gasteiger partial charge in [0, 0.05) is 18.3 Å². The second-order valence-corrected chi connectivity index (χ2v) is 6.20. The van der Waals surface area contributed by atoms with Crippen LogP contribution in [0.1, 0.15) is 12.8 Å². The Bertz CT molecular complexity index is 824. The van der Waals surface area contributed by atoms with Crippen LogP contribution in [0.3, 0.4) is 0 Å². The standard InChI is InChI=1S/C20H23N3O4/c1-26-15-8-5-7-14(13-15)21-20(25)23-12-6-10-17(23)19(24)22-16-9-3-4-11-18(16)27-2/h3-5,7-9,11,13,17H,6,10,12H2,1-2H3,(H,21,25)(H,22,24)/t17-/m1/s1. The van der Waals surface area contributed by atoms with Gasteiger partial charge in [-0.25, -0.2) is 4.79 Å². The third-order valence-electron chi connectivity index (χ3n) is 4.50.